The average molecular weight is 272 g/mol. The van der Waals surface area contributed by atoms with Gasteiger partial charge in [0.15, 0.2) is 9.84 Å². The van der Waals surface area contributed by atoms with E-state index >= 15 is 0 Å². The van der Waals surface area contributed by atoms with E-state index in [0.29, 0.717) is 5.02 Å². The summed E-state index contributed by atoms with van der Waals surface area (Å²) >= 11 is 6.08. The first-order valence-electron chi connectivity index (χ1n) is 5.39. The third kappa shape index (κ3) is 3.09. The summed E-state index contributed by atoms with van der Waals surface area (Å²) in [6, 6.07) is 7.45. The third-order valence-corrected chi connectivity index (χ3v) is 4.51. The van der Waals surface area contributed by atoms with Crippen LogP contribution >= 0.6 is 11.6 Å². The molecule has 2 rings (SSSR count). The van der Waals surface area contributed by atoms with E-state index in [1.54, 1.807) is 6.08 Å². The minimum atomic E-state index is -3.01. The molecule has 0 amide bonds. The fourth-order valence-electron chi connectivity index (χ4n) is 1.92. The summed E-state index contributed by atoms with van der Waals surface area (Å²) < 4.78 is 22.5. The predicted molar refractivity (Wildman–Crippen MR) is 69.7 cm³/mol. The molecule has 1 aromatic rings. The van der Waals surface area contributed by atoms with Gasteiger partial charge < -0.3 is 5.32 Å². The zero-order chi connectivity index (χ0) is 12.5. The number of halogens is 1. The summed E-state index contributed by atoms with van der Waals surface area (Å²) in [5, 5.41) is 5.20. The second-order valence-corrected chi connectivity index (χ2v) is 6.51. The zero-order valence-electron chi connectivity index (χ0n) is 9.43. The maximum atomic E-state index is 11.3. The highest BCUT2D eigenvalue weighted by atomic mass is 35.5. The van der Waals surface area contributed by atoms with Gasteiger partial charge in [-0.3, -0.25) is 0 Å². The van der Waals surface area contributed by atoms with Crippen molar-refractivity contribution in [3.63, 3.8) is 0 Å². The van der Waals surface area contributed by atoms with Crippen molar-refractivity contribution in [1.82, 2.24) is 5.32 Å². The van der Waals surface area contributed by atoms with Gasteiger partial charge in [0.05, 0.1) is 5.75 Å². The summed E-state index contributed by atoms with van der Waals surface area (Å²) in [5.41, 5.74) is 0.979. The van der Waals surface area contributed by atoms with Crippen LogP contribution in [0.1, 0.15) is 18.5 Å². The summed E-state index contributed by atoms with van der Waals surface area (Å²) in [7, 11) is -3.01. The molecule has 92 valence electrons. The summed E-state index contributed by atoms with van der Waals surface area (Å²) in [6.45, 7) is 1.97. The number of hydrogen-bond acceptors (Lipinski definition) is 3. The Balaban J connectivity index is 2.06. The van der Waals surface area contributed by atoms with Crippen molar-refractivity contribution in [1.29, 1.82) is 0 Å². The van der Waals surface area contributed by atoms with Crippen LogP contribution in [-0.4, -0.2) is 20.2 Å². The molecule has 2 atom stereocenters. The van der Waals surface area contributed by atoms with Crippen molar-refractivity contribution < 1.29 is 8.42 Å². The van der Waals surface area contributed by atoms with Crippen molar-refractivity contribution in [3.8, 4) is 0 Å². The van der Waals surface area contributed by atoms with Gasteiger partial charge in [-0.2, -0.15) is 0 Å². The maximum Gasteiger partial charge on any atom is 0.173 e. The molecule has 1 N–H and O–H groups in total. The second kappa shape index (κ2) is 4.80. The number of sulfone groups is 1. The minimum Gasteiger partial charge on any atom is -0.303 e. The molecule has 0 radical (unpaired) electrons. The van der Waals surface area contributed by atoms with Gasteiger partial charge in [-0.25, -0.2) is 8.42 Å². The van der Waals surface area contributed by atoms with E-state index in [2.05, 4.69) is 5.32 Å². The minimum absolute atomic E-state index is 0.0200. The van der Waals surface area contributed by atoms with Crippen LogP contribution < -0.4 is 5.32 Å². The van der Waals surface area contributed by atoms with Crippen molar-refractivity contribution in [2.75, 3.05) is 5.75 Å². The largest absolute Gasteiger partial charge is 0.303 e. The Morgan fingerprint density at radius 3 is 2.71 bits per heavy atom. The van der Waals surface area contributed by atoms with Crippen LogP contribution in [0, 0.1) is 0 Å². The van der Waals surface area contributed by atoms with Crippen molar-refractivity contribution in [2.45, 2.75) is 19.0 Å². The lowest BCUT2D eigenvalue weighted by atomic mass is 10.1. The monoisotopic (exact) mass is 271 g/mol. The van der Waals surface area contributed by atoms with E-state index < -0.39 is 9.84 Å². The Kier molecular flexibility index (Phi) is 3.56. The van der Waals surface area contributed by atoms with Crippen molar-refractivity contribution in [2.24, 2.45) is 0 Å². The Labute approximate surface area is 106 Å². The Bertz CT molecular complexity index is 539. The highest BCUT2D eigenvalue weighted by Gasteiger charge is 2.23. The molecule has 0 aliphatic carbocycles. The van der Waals surface area contributed by atoms with Gasteiger partial charge in [0.1, 0.15) is 0 Å². The Hall–Kier alpha value is -0.840. The smallest absolute Gasteiger partial charge is 0.173 e. The van der Waals surface area contributed by atoms with E-state index in [1.165, 1.54) is 5.41 Å². The van der Waals surface area contributed by atoms with Gasteiger partial charge in [0.2, 0.25) is 0 Å². The van der Waals surface area contributed by atoms with Gasteiger partial charge in [0.25, 0.3) is 0 Å². The normalized spacial score (nSPS) is 23.8. The van der Waals surface area contributed by atoms with Gasteiger partial charge in [-0.1, -0.05) is 35.9 Å². The molecule has 17 heavy (non-hydrogen) atoms. The first-order chi connectivity index (χ1) is 7.98. The molecule has 3 nitrogen and oxygen atoms in total. The summed E-state index contributed by atoms with van der Waals surface area (Å²) in [4.78, 5) is 0. The SMILES string of the molecule is CC(NC1C=CS(=O)(=O)C1)c1ccccc1Cl. The van der Waals surface area contributed by atoms with Crippen LogP contribution in [0.3, 0.4) is 0 Å². The lowest BCUT2D eigenvalue weighted by Gasteiger charge is -2.19. The summed E-state index contributed by atoms with van der Waals surface area (Å²) in [5.74, 6) is 0.127. The quantitative estimate of drug-likeness (QED) is 0.918. The number of rotatable bonds is 3. The van der Waals surface area contributed by atoms with Crippen LogP contribution in [0.4, 0.5) is 0 Å². The first-order valence-corrected chi connectivity index (χ1v) is 7.49. The molecule has 0 fully saturated rings. The number of benzene rings is 1. The zero-order valence-corrected chi connectivity index (χ0v) is 11.0. The average Bonchev–Trinajstić information content (AvgIpc) is 2.58. The molecule has 0 saturated heterocycles. The molecular weight excluding hydrogens is 258 g/mol. The fraction of sp³-hybridized carbons (Fsp3) is 0.333. The van der Waals surface area contributed by atoms with Crippen molar-refractivity contribution >= 4 is 21.4 Å². The molecular formula is C12H14ClNO2S. The maximum absolute atomic E-state index is 11.3. The number of nitrogens with one attached hydrogen (secondary N) is 1. The lowest BCUT2D eigenvalue weighted by Crippen LogP contribution is -2.32. The van der Waals surface area contributed by atoms with E-state index in [0.717, 1.165) is 5.56 Å². The second-order valence-electron chi connectivity index (χ2n) is 4.17. The van der Waals surface area contributed by atoms with Crippen LogP contribution in [0.2, 0.25) is 5.02 Å². The van der Waals surface area contributed by atoms with E-state index in [9.17, 15) is 8.42 Å². The van der Waals surface area contributed by atoms with Gasteiger partial charge in [-0.05, 0) is 18.6 Å². The van der Waals surface area contributed by atoms with Crippen molar-refractivity contribution in [3.05, 3.63) is 46.3 Å². The highest BCUT2D eigenvalue weighted by molar-refractivity contribution is 7.94. The lowest BCUT2D eigenvalue weighted by molar-refractivity contribution is 0.535. The fourth-order valence-corrected chi connectivity index (χ4v) is 3.46. The summed E-state index contributed by atoms with van der Waals surface area (Å²) in [6.07, 6.45) is 1.68. The van der Waals surface area contributed by atoms with Crippen LogP contribution in [0.15, 0.2) is 35.7 Å². The Morgan fingerprint density at radius 2 is 2.12 bits per heavy atom. The van der Waals surface area contributed by atoms with E-state index in [4.69, 9.17) is 11.6 Å². The molecule has 5 heteroatoms. The van der Waals surface area contributed by atoms with E-state index in [-0.39, 0.29) is 17.8 Å². The van der Waals surface area contributed by atoms with E-state index in [1.807, 2.05) is 31.2 Å². The van der Waals surface area contributed by atoms with Gasteiger partial charge in [-0.15, -0.1) is 0 Å². The molecule has 1 aliphatic heterocycles. The molecule has 0 spiro atoms. The Morgan fingerprint density at radius 1 is 1.41 bits per heavy atom. The molecule has 1 aliphatic rings. The molecule has 2 unspecified atom stereocenters. The topological polar surface area (TPSA) is 46.2 Å². The van der Waals surface area contributed by atoms with Crippen LogP contribution in [0.25, 0.3) is 0 Å². The van der Waals surface area contributed by atoms with Crippen LogP contribution in [-0.2, 0) is 9.84 Å². The van der Waals surface area contributed by atoms with Gasteiger partial charge in [0, 0.05) is 22.5 Å². The molecule has 0 saturated carbocycles. The standard InChI is InChI=1S/C12H14ClNO2S/c1-9(11-4-2-3-5-12(11)13)14-10-6-7-17(15,16)8-10/h2-7,9-10,14H,8H2,1H3. The van der Waals surface area contributed by atoms with Crippen LogP contribution in [0.5, 0.6) is 0 Å². The molecule has 0 aromatic heterocycles. The molecule has 1 aromatic carbocycles. The first kappa shape index (κ1) is 12.6. The number of hydrogen-bond donors (Lipinski definition) is 1. The molecule has 1 heterocycles. The highest BCUT2D eigenvalue weighted by Crippen LogP contribution is 2.23. The van der Waals surface area contributed by atoms with Gasteiger partial charge >= 0.3 is 0 Å². The predicted octanol–water partition coefficient (Wildman–Crippen LogP) is 2.30. The molecule has 0 bridgehead atoms. The third-order valence-electron chi connectivity index (χ3n) is 2.77.